The van der Waals surface area contributed by atoms with Crippen molar-refractivity contribution in [1.82, 2.24) is 14.8 Å². The molecule has 0 radical (unpaired) electrons. The lowest BCUT2D eigenvalue weighted by molar-refractivity contribution is 0.577. The van der Waals surface area contributed by atoms with E-state index in [0.29, 0.717) is 5.82 Å². The fourth-order valence-corrected chi connectivity index (χ4v) is 1.06. The summed E-state index contributed by atoms with van der Waals surface area (Å²) in [6.07, 6.45) is 3.49. The molecule has 0 atom stereocenters. The lowest BCUT2D eigenvalue weighted by atomic mass is 10.4. The van der Waals surface area contributed by atoms with Crippen LogP contribution in [0.3, 0.4) is 0 Å². The first-order chi connectivity index (χ1) is 6.25. The highest BCUT2D eigenvalue weighted by molar-refractivity contribution is 5.21. The van der Waals surface area contributed by atoms with Crippen molar-refractivity contribution in [3.63, 3.8) is 0 Å². The lowest BCUT2D eigenvalue weighted by Gasteiger charge is -1.98. The van der Waals surface area contributed by atoms with Gasteiger partial charge in [-0.1, -0.05) is 6.07 Å². The Bertz CT molecular complexity index is 422. The Morgan fingerprint density at radius 2 is 2.23 bits per heavy atom. The Hall–Kier alpha value is -1.71. The van der Waals surface area contributed by atoms with Crippen LogP contribution in [-0.2, 0) is 0 Å². The molecule has 0 fully saturated rings. The summed E-state index contributed by atoms with van der Waals surface area (Å²) in [6, 6.07) is 4.62. The van der Waals surface area contributed by atoms with Crippen LogP contribution < -0.4 is 0 Å². The fourth-order valence-electron chi connectivity index (χ4n) is 1.06. The molecular weight excluding hydrogens is 169 g/mol. The van der Waals surface area contributed by atoms with E-state index in [0.717, 1.165) is 5.56 Å². The molecule has 0 spiro atoms. The van der Waals surface area contributed by atoms with Crippen LogP contribution in [-0.4, -0.2) is 14.8 Å². The van der Waals surface area contributed by atoms with Crippen LogP contribution in [0, 0.1) is 12.9 Å². The zero-order valence-corrected chi connectivity index (χ0v) is 7.11. The third-order valence-corrected chi connectivity index (χ3v) is 1.65. The summed E-state index contributed by atoms with van der Waals surface area (Å²) in [4.78, 5) is 3.69. The van der Waals surface area contributed by atoms with Gasteiger partial charge in [0.05, 0.1) is 6.20 Å². The van der Waals surface area contributed by atoms with Gasteiger partial charge in [0.15, 0.2) is 5.82 Å². The third kappa shape index (κ3) is 1.56. The van der Waals surface area contributed by atoms with Gasteiger partial charge in [-0.3, -0.25) is 0 Å². The number of nitrogens with zero attached hydrogens (tertiary/aromatic N) is 3. The van der Waals surface area contributed by atoms with Crippen LogP contribution in [0.15, 0.2) is 30.6 Å². The molecule has 4 heteroatoms. The molecule has 2 aromatic heterocycles. The van der Waals surface area contributed by atoms with Gasteiger partial charge in [0.25, 0.3) is 0 Å². The predicted octanol–water partition coefficient (Wildman–Crippen LogP) is 1.71. The molecule has 0 amide bonds. The highest BCUT2D eigenvalue weighted by atomic mass is 19.1. The summed E-state index contributed by atoms with van der Waals surface area (Å²) in [6.45, 7) is 1.92. The van der Waals surface area contributed by atoms with Gasteiger partial charge in [0, 0.05) is 6.20 Å². The quantitative estimate of drug-likeness (QED) is 0.621. The maximum Gasteiger partial charge on any atom is 0.214 e. The molecule has 2 heterocycles. The molecular formula is C9H8FN3. The summed E-state index contributed by atoms with van der Waals surface area (Å²) in [5.41, 5.74) is 1.02. The molecule has 0 saturated carbocycles. The second kappa shape index (κ2) is 2.97. The van der Waals surface area contributed by atoms with Gasteiger partial charge in [0.1, 0.15) is 0 Å². The fraction of sp³-hybridized carbons (Fsp3) is 0.111. The number of aromatic nitrogens is 3. The molecule has 2 aromatic rings. The summed E-state index contributed by atoms with van der Waals surface area (Å²) < 4.78 is 14.2. The molecule has 0 N–H and O–H groups in total. The number of pyridine rings is 1. The van der Waals surface area contributed by atoms with E-state index in [9.17, 15) is 4.39 Å². The predicted molar refractivity (Wildman–Crippen MR) is 46.1 cm³/mol. The molecule has 0 aliphatic rings. The van der Waals surface area contributed by atoms with Crippen molar-refractivity contribution in [2.24, 2.45) is 0 Å². The average molecular weight is 177 g/mol. The average Bonchev–Trinajstić information content (AvgIpc) is 2.52. The highest BCUT2D eigenvalue weighted by Crippen LogP contribution is 2.04. The number of hydrogen-bond acceptors (Lipinski definition) is 2. The van der Waals surface area contributed by atoms with Crippen LogP contribution in [0.25, 0.3) is 5.82 Å². The summed E-state index contributed by atoms with van der Waals surface area (Å²) >= 11 is 0. The normalized spacial score (nSPS) is 10.3. The molecule has 0 aliphatic carbocycles. The van der Waals surface area contributed by atoms with E-state index in [1.165, 1.54) is 6.07 Å². The molecule has 13 heavy (non-hydrogen) atoms. The summed E-state index contributed by atoms with van der Waals surface area (Å²) in [7, 11) is 0. The van der Waals surface area contributed by atoms with E-state index in [4.69, 9.17) is 0 Å². The second-order valence-electron chi connectivity index (χ2n) is 2.78. The largest absolute Gasteiger partial charge is 0.222 e. The van der Waals surface area contributed by atoms with E-state index in [-0.39, 0.29) is 0 Å². The number of halogens is 1. The first kappa shape index (κ1) is 7.91. The SMILES string of the molecule is Cc1cnn(-c2cccc(F)n2)c1. The van der Waals surface area contributed by atoms with Gasteiger partial charge in [-0.25, -0.2) is 9.67 Å². The third-order valence-electron chi connectivity index (χ3n) is 1.65. The Morgan fingerprint density at radius 3 is 2.85 bits per heavy atom. The Morgan fingerprint density at radius 1 is 1.38 bits per heavy atom. The van der Waals surface area contributed by atoms with Gasteiger partial charge in [0.2, 0.25) is 5.95 Å². The summed E-state index contributed by atoms with van der Waals surface area (Å²) in [5, 5.41) is 4.01. The monoisotopic (exact) mass is 177 g/mol. The molecule has 0 aliphatic heterocycles. The van der Waals surface area contributed by atoms with Gasteiger partial charge >= 0.3 is 0 Å². The van der Waals surface area contributed by atoms with Crippen molar-refractivity contribution in [2.45, 2.75) is 6.92 Å². The van der Waals surface area contributed by atoms with E-state index in [1.54, 1.807) is 29.2 Å². The maximum atomic E-state index is 12.7. The number of hydrogen-bond donors (Lipinski definition) is 0. The van der Waals surface area contributed by atoms with Crippen LogP contribution >= 0.6 is 0 Å². The van der Waals surface area contributed by atoms with Gasteiger partial charge < -0.3 is 0 Å². The highest BCUT2D eigenvalue weighted by Gasteiger charge is 1.99. The first-order valence-electron chi connectivity index (χ1n) is 3.90. The van der Waals surface area contributed by atoms with E-state index < -0.39 is 5.95 Å². The second-order valence-corrected chi connectivity index (χ2v) is 2.78. The molecule has 0 aromatic carbocycles. The molecule has 66 valence electrons. The minimum atomic E-state index is -0.495. The van der Waals surface area contributed by atoms with Gasteiger partial charge in [-0.2, -0.15) is 9.49 Å². The van der Waals surface area contributed by atoms with Crippen molar-refractivity contribution in [3.8, 4) is 5.82 Å². The number of rotatable bonds is 1. The van der Waals surface area contributed by atoms with E-state index in [2.05, 4.69) is 10.1 Å². The van der Waals surface area contributed by atoms with Crippen molar-refractivity contribution < 1.29 is 4.39 Å². The van der Waals surface area contributed by atoms with E-state index in [1.807, 2.05) is 6.92 Å². The van der Waals surface area contributed by atoms with Crippen LogP contribution in [0.4, 0.5) is 4.39 Å². The molecule has 2 rings (SSSR count). The van der Waals surface area contributed by atoms with Crippen LogP contribution in [0.1, 0.15) is 5.56 Å². The zero-order valence-electron chi connectivity index (χ0n) is 7.11. The lowest BCUT2D eigenvalue weighted by Crippen LogP contribution is -1.98. The smallest absolute Gasteiger partial charge is 0.214 e. The Kier molecular flexibility index (Phi) is 1.81. The zero-order chi connectivity index (χ0) is 9.26. The molecule has 3 nitrogen and oxygen atoms in total. The first-order valence-corrected chi connectivity index (χ1v) is 3.90. The van der Waals surface area contributed by atoms with E-state index >= 15 is 0 Å². The molecule has 0 unspecified atom stereocenters. The molecule has 0 saturated heterocycles. The number of aryl methyl sites for hydroxylation is 1. The Balaban J connectivity index is 2.46. The summed E-state index contributed by atoms with van der Waals surface area (Å²) in [5.74, 6) is -0.00115. The molecule has 0 bridgehead atoms. The maximum absolute atomic E-state index is 12.7. The minimum Gasteiger partial charge on any atom is -0.222 e. The van der Waals surface area contributed by atoms with Crippen molar-refractivity contribution in [2.75, 3.05) is 0 Å². The van der Waals surface area contributed by atoms with Crippen molar-refractivity contribution >= 4 is 0 Å². The topological polar surface area (TPSA) is 30.7 Å². The van der Waals surface area contributed by atoms with Crippen LogP contribution in [0.5, 0.6) is 0 Å². The van der Waals surface area contributed by atoms with Crippen molar-refractivity contribution in [1.29, 1.82) is 0 Å². The van der Waals surface area contributed by atoms with Gasteiger partial charge in [-0.05, 0) is 24.6 Å². The van der Waals surface area contributed by atoms with Crippen molar-refractivity contribution in [3.05, 3.63) is 42.1 Å². The van der Waals surface area contributed by atoms with Crippen LogP contribution in [0.2, 0.25) is 0 Å². The Labute approximate surface area is 74.8 Å². The van der Waals surface area contributed by atoms with Gasteiger partial charge in [-0.15, -0.1) is 0 Å². The standard InChI is InChI=1S/C9H8FN3/c1-7-5-11-13(6-7)9-4-2-3-8(10)12-9/h2-6H,1H3. The minimum absolute atomic E-state index is 0.494.